The van der Waals surface area contributed by atoms with Gasteiger partial charge in [-0.05, 0) is 101 Å². The van der Waals surface area contributed by atoms with E-state index in [1.54, 1.807) is 0 Å². The van der Waals surface area contributed by atoms with Gasteiger partial charge in [0.15, 0.2) is 0 Å². The molecule has 0 bridgehead atoms. The Morgan fingerprint density at radius 2 is 1.03 bits per heavy atom. The molecule has 296 valence electrons. The minimum Gasteiger partial charge on any atom is -0.360 e. The lowest BCUT2D eigenvalue weighted by atomic mass is 9.66. The van der Waals surface area contributed by atoms with E-state index in [0.29, 0.717) is 5.84 Å². The van der Waals surface area contributed by atoms with Crippen molar-refractivity contribution in [3.05, 3.63) is 268 Å². The first-order valence-corrected chi connectivity index (χ1v) is 21.6. The van der Waals surface area contributed by atoms with Gasteiger partial charge in [0.1, 0.15) is 5.84 Å². The number of nitrogens with one attached hydrogen (secondary N) is 2. The van der Waals surface area contributed by atoms with E-state index in [9.17, 15) is 5.41 Å². The Hall–Kier alpha value is -7.55. The van der Waals surface area contributed by atoms with Crippen molar-refractivity contribution in [2.45, 2.75) is 30.7 Å². The van der Waals surface area contributed by atoms with Crippen LogP contribution in [0.25, 0.3) is 50.2 Å². The Morgan fingerprint density at radius 3 is 1.76 bits per heavy atom. The Morgan fingerprint density at radius 1 is 0.484 bits per heavy atom. The molecule has 0 spiro atoms. The number of hydrogen-bond donors (Lipinski definition) is 2. The zero-order valence-corrected chi connectivity index (χ0v) is 34.9. The first-order valence-electron chi connectivity index (χ1n) is 21.6. The molecule has 11 rings (SSSR count). The van der Waals surface area contributed by atoms with Gasteiger partial charge in [-0.15, -0.1) is 0 Å². The summed E-state index contributed by atoms with van der Waals surface area (Å²) in [6.45, 7) is 4.73. The number of rotatable bonds is 8. The van der Waals surface area contributed by atoms with Crippen LogP contribution < -0.4 is 5.32 Å². The molecule has 9 aromatic carbocycles. The van der Waals surface area contributed by atoms with Crippen molar-refractivity contribution >= 4 is 22.7 Å². The summed E-state index contributed by atoms with van der Waals surface area (Å²) in [7, 11) is 0. The van der Waals surface area contributed by atoms with Crippen LogP contribution in [0, 0.1) is 5.41 Å². The number of hydrogen-bond acceptors (Lipinski definition) is 1. The fraction of sp³-hybridized carbons (Fsp3) is 0.0833. The van der Waals surface area contributed by atoms with Gasteiger partial charge in [-0.3, -0.25) is 5.41 Å². The van der Waals surface area contributed by atoms with Crippen LogP contribution in [0.1, 0.15) is 70.0 Å². The zero-order chi connectivity index (χ0) is 41.8. The SMILES string of the molecule is CC1(C)c2cc3ccccc3cc2-c2c(-c3ccccc3/C=C/C(NC(=N)c3ccccc3)c3cccc4c3C(c3ccccc3)(c3ccccc3)c3ccccc3-4)cccc21. The molecule has 9 aromatic rings. The van der Waals surface area contributed by atoms with Gasteiger partial charge in [-0.2, -0.15) is 0 Å². The molecule has 0 aromatic heterocycles. The Bertz CT molecular complexity index is 3160. The predicted molar refractivity (Wildman–Crippen MR) is 259 cm³/mol. The third-order valence-corrected chi connectivity index (χ3v) is 13.5. The lowest BCUT2D eigenvalue weighted by Gasteiger charge is -2.36. The van der Waals surface area contributed by atoms with Gasteiger partial charge in [0.2, 0.25) is 0 Å². The van der Waals surface area contributed by atoms with E-state index in [1.165, 1.54) is 77.5 Å². The fourth-order valence-electron chi connectivity index (χ4n) is 10.7. The van der Waals surface area contributed by atoms with Gasteiger partial charge in [0.25, 0.3) is 0 Å². The van der Waals surface area contributed by atoms with E-state index in [4.69, 9.17) is 0 Å². The first-order chi connectivity index (χ1) is 30.4. The molecule has 62 heavy (non-hydrogen) atoms. The summed E-state index contributed by atoms with van der Waals surface area (Å²) in [4.78, 5) is 0. The van der Waals surface area contributed by atoms with Gasteiger partial charge in [0, 0.05) is 11.0 Å². The summed E-state index contributed by atoms with van der Waals surface area (Å²) in [5.74, 6) is 0.374. The smallest absolute Gasteiger partial charge is 0.126 e. The van der Waals surface area contributed by atoms with Crippen molar-refractivity contribution in [1.82, 2.24) is 5.32 Å². The van der Waals surface area contributed by atoms with Crippen LogP contribution >= 0.6 is 0 Å². The Balaban J connectivity index is 1.11. The van der Waals surface area contributed by atoms with Crippen LogP contribution in [-0.2, 0) is 10.8 Å². The molecule has 0 fully saturated rings. The molecule has 2 aliphatic carbocycles. The lowest BCUT2D eigenvalue weighted by Crippen LogP contribution is -2.33. The van der Waals surface area contributed by atoms with Crippen LogP contribution in [0.15, 0.2) is 218 Å². The average molecular weight is 795 g/mol. The highest BCUT2D eigenvalue weighted by Crippen LogP contribution is 2.58. The molecular formula is C60H46N2. The van der Waals surface area contributed by atoms with Crippen molar-refractivity contribution in [2.75, 3.05) is 0 Å². The standard InChI is InChI=1S/C60H46N2/c1-59(2)53-35-19-31-48(56(53)51-38-42-23-12-13-24-43(42)39-54(51)59)46-29-15-14-20-40(46)36-37-55(62-58(61)41-21-6-3-7-22-41)50-33-18-32-49-47-30-16-17-34-52(47)60(57(49)50,44-25-8-4-9-26-44)45-27-10-5-11-28-45/h3-39,55H,1-2H3,(H2,61,62)/b37-36+. The van der Waals surface area contributed by atoms with Gasteiger partial charge in [-0.1, -0.05) is 226 Å². The van der Waals surface area contributed by atoms with Crippen LogP contribution in [0.2, 0.25) is 0 Å². The van der Waals surface area contributed by atoms with Gasteiger partial charge >= 0.3 is 0 Å². The zero-order valence-electron chi connectivity index (χ0n) is 34.9. The van der Waals surface area contributed by atoms with E-state index in [-0.39, 0.29) is 11.5 Å². The van der Waals surface area contributed by atoms with Gasteiger partial charge in [0.05, 0.1) is 11.5 Å². The third kappa shape index (κ3) is 5.82. The molecule has 0 radical (unpaired) electrons. The minimum absolute atomic E-state index is 0.141. The van der Waals surface area contributed by atoms with Gasteiger partial charge < -0.3 is 5.32 Å². The normalized spacial score (nSPS) is 14.5. The van der Waals surface area contributed by atoms with Crippen molar-refractivity contribution in [3.8, 4) is 33.4 Å². The molecule has 0 aliphatic heterocycles. The summed E-state index contributed by atoms with van der Waals surface area (Å²) in [5.41, 5.74) is 17.5. The quantitative estimate of drug-likeness (QED) is 0.117. The fourth-order valence-corrected chi connectivity index (χ4v) is 10.7. The second-order valence-electron chi connectivity index (χ2n) is 17.2. The predicted octanol–water partition coefficient (Wildman–Crippen LogP) is 14.5. The maximum atomic E-state index is 9.52. The molecule has 2 N–H and O–H groups in total. The maximum Gasteiger partial charge on any atom is 0.126 e. The minimum atomic E-state index is -0.597. The topological polar surface area (TPSA) is 35.9 Å². The maximum absolute atomic E-state index is 9.52. The van der Waals surface area contributed by atoms with Crippen LogP contribution in [0.3, 0.4) is 0 Å². The Kier molecular flexibility index (Phi) is 8.98. The molecule has 0 saturated heterocycles. The third-order valence-electron chi connectivity index (χ3n) is 13.5. The van der Waals surface area contributed by atoms with Crippen LogP contribution in [0.4, 0.5) is 0 Å². The number of fused-ring (bicyclic) bond motifs is 7. The molecule has 0 amide bonds. The molecule has 1 unspecified atom stereocenters. The molecule has 2 aliphatic rings. The Labute approximate surface area is 364 Å². The largest absolute Gasteiger partial charge is 0.360 e. The average Bonchev–Trinajstić information content (AvgIpc) is 3.76. The molecular weight excluding hydrogens is 749 g/mol. The second-order valence-corrected chi connectivity index (χ2v) is 17.2. The number of benzene rings is 9. The molecule has 1 atom stereocenters. The van der Waals surface area contributed by atoms with E-state index < -0.39 is 5.41 Å². The summed E-state index contributed by atoms with van der Waals surface area (Å²) in [6, 6.07) is 76.4. The highest BCUT2D eigenvalue weighted by molar-refractivity contribution is 6.00. The van der Waals surface area contributed by atoms with Crippen LogP contribution in [0.5, 0.6) is 0 Å². The van der Waals surface area contributed by atoms with Crippen molar-refractivity contribution < 1.29 is 0 Å². The van der Waals surface area contributed by atoms with Crippen molar-refractivity contribution in [1.29, 1.82) is 5.41 Å². The van der Waals surface area contributed by atoms with Crippen LogP contribution in [-0.4, -0.2) is 5.84 Å². The van der Waals surface area contributed by atoms with E-state index in [2.05, 4.69) is 213 Å². The molecule has 2 nitrogen and oxygen atoms in total. The van der Waals surface area contributed by atoms with E-state index in [1.807, 2.05) is 30.3 Å². The van der Waals surface area contributed by atoms with Crippen molar-refractivity contribution in [2.24, 2.45) is 0 Å². The summed E-state index contributed by atoms with van der Waals surface area (Å²) in [6.07, 6.45) is 4.56. The highest BCUT2D eigenvalue weighted by atomic mass is 15.0. The molecule has 0 heterocycles. The highest BCUT2D eigenvalue weighted by Gasteiger charge is 2.48. The monoisotopic (exact) mass is 794 g/mol. The second kappa shape index (κ2) is 14.9. The van der Waals surface area contributed by atoms with E-state index in [0.717, 1.165) is 16.7 Å². The molecule has 0 saturated carbocycles. The van der Waals surface area contributed by atoms with E-state index >= 15 is 0 Å². The summed E-state index contributed by atoms with van der Waals surface area (Å²) >= 11 is 0. The van der Waals surface area contributed by atoms with Crippen molar-refractivity contribution in [3.63, 3.8) is 0 Å². The summed E-state index contributed by atoms with van der Waals surface area (Å²) < 4.78 is 0. The number of amidine groups is 1. The lowest BCUT2D eigenvalue weighted by molar-refractivity contribution is 0.661. The first kappa shape index (κ1) is 37.4. The summed E-state index contributed by atoms with van der Waals surface area (Å²) in [5, 5.41) is 15.8. The van der Waals surface area contributed by atoms with Gasteiger partial charge in [-0.25, -0.2) is 0 Å². The molecule has 2 heteroatoms.